The largest absolute Gasteiger partial charge is 0.497 e. The van der Waals surface area contributed by atoms with Gasteiger partial charge in [-0.3, -0.25) is 9.59 Å². The number of anilines is 1. The van der Waals surface area contributed by atoms with Gasteiger partial charge in [0.15, 0.2) is 6.61 Å². The van der Waals surface area contributed by atoms with Crippen molar-refractivity contribution in [1.82, 2.24) is 4.98 Å². The van der Waals surface area contributed by atoms with E-state index < -0.39 is 11.9 Å². The number of thiazole rings is 1. The van der Waals surface area contributed by atoms with Crippen molar-refractivity contribution in [3.05, 3.63) is 59.6 Å². The first-order chi connectivity index (χ1) is 14.1. The summed E-state index contributed by atoms with van der Waals surface area (Å²) in [7, 11) is 3.15. The number of hydrogen-bond donors (Lipinski definition) is 1. The van der Waals surface area contributed by atoms with E-state index in [2.05, 4.69) is 10.3 Å². The fourth-order valence-corrected chi connectivity index (χ4v) is 3.32. The van der Waals surface area contributed by atoms with Crippen LogP contribution < -0.4 is 14.8 Å². The van der Waals surface area contributed by atoms with E-state index in [9.17, 15) is 9.59 Å². The van der Waals surface area contributed by atoms with Crippen LogP contribution in [-0.4, -0.2) is 37.7 Å². The van der Waals surface area contributed by atoms with E-state index in [1.165, 1.54) is 11.3 Å². The summed E-state index contributed by atoms with van der Waals surface area (Å²) in [4.78, 5) is 28.4. The maximum Gasteiger partial charge on any atom is 0.312 e. The van der Waals surface area contributed by atoms with Crippen LogP contribution in [0.1, 0.15) is 5.69 Å². The van der Waals surface area contributed by atoms with Crippen LogP contribution in [-0.2, 0) is 20.7 Å². The average Bonchev–Trinajstić information content (AvgIpc) is 3.21. The lowest BCUT2D eigenvalue weighted by Gasteiger charge is -2.07. The van der Waals surface area contributed by atoms with E-state index >= 15 is 0 Å². The third-order valence-electron chi connectivity index (χ3n) is 3.93. The maximum absolute atomic E-state index is 12.0. The first kappa shape index (κ1) is 20.3. The lowest BCUT2D eigenvalue weighted by atomic mass is 10.2. The molecule has 29 heavy (non-hydrogen) atoms. The minimum atomic E-state index is -0.516. The van der Waals surface area contributed by atoms with Gasteiger partial charge in [-0.2, -0.15) is 0 Å². The van der Waals surface area contributed by atoms with Crippen molar-refractivity contribution in [3.8, 4) is 22.1 Å². The Morgan fingerprint density at radius 2 is 1.79 bits per heavy atom. The Labute approximate surface area is 172 Å². The second kappa shape index (κ2) is 9.70. The van der Waals surface area contributed by atoms with Crippen molar-refractivity contribution in [2.75, 3.05) is 26.1 Å². The van der Waals surface area contributed by atoms with Gasteiger partial charge in [-0.1, -0.05) is 6.07 Å². The fraction of sp³-hybridized carbons (Fsp3) is 0.190. The summed E-state index contributed by atoms with van der Waals surface area (Å²) >= 11 is 1.44. The van der Waals surface area contributed by atoms with Crippen molar-refractivity contribution < 1.29 is 23.8 Å². The minimum Gasteiger partial charge on any atom is -0.497 e. The molecular formula is C21H20N2O5S. The highest BCUT2D eigenvalue weighted by atomic mass is 32.1. The topological polar surface area (TPSA) is 86.8 Å². The van der Waals surface area contributed by atoms with Crippen LogP contribution in [0.4, 0.5) is 5.69 Å². The third kappa shape index (κ3) is 5.79. The summed E-state index contributed by atoms with van der Waals surface area (Å²) in [5.41, 5.74) is 2.10. The molecule has 7 nitrogen and oxygen atoms in total. The summed E-state index contributed by atoms with van der Waals surface area (Å²) in [6.45, 7) is -0.370. The summed E-state index contributed by atoms with van der Waals surface area (Å²) in [5.74, 6) is 0.443. The number of esters is 1. The van der Waals surface area contributed by atoms with Crippen LogP contribution >= 0.6 is 11.3 Å². The molecule has 0 spiro atoms. The molecule has 0 radical (unpaired) electrons. The van der Waals surface area contributed by atoms with Gasteiger partial charge in [-0.05, 0) is 36.4 Å². The van der Waals surface area contributed by atoms with Crippen molar-refractivity contribution in [2.45, 2.75) is 6.42 Å². The van der Waals surface area contributed by atoms with Gasteiger partial charge < -0.3 is 19.5 Å². The summed E-state index contributed by atoms with van der Waals surface area (Å²) in [6, 6.07) is 14.4. The number of ether oxygens (including phenoxy) is 3. The molecule has 1 N–H and O–H groups in total. The number of nitrogens with zero attached hydrogens (tertiary/aromatic N) is 1. The van der Waals surface area contributed by atoms with Gasteiger partial charge in [0.05, 0.1) is 26.3 Å². The van der Waals surface area contributed by atoms with Crippen LogP contribution in [0.25, 0.3) is 10.6 Å². The normalized spacial score (nSPS) is 10.3. The van der Waals surface area contributed by atoms with Gasteiger partial charge in [-0.15, -0.1) is 11.3 Å². The fourth-order valence-electron chi connectivity index (χ4n) is 2.50. The molecule has 0 atom stereocenters. The highest BCUT2D eigenvalue weighted by Crippen LogP contribution is 2.26. The SMILES string of the molecule is COc1ccc(-c2nc(CC(=O)OCC(=O)Nc3cccc(OC)c3)cs2)cc1. The van der Waals surface area contributed by atoms with E-state index in [0.717, 1.165) is 16.3 Å². The molecule has 0 aliphatic rings. The van der Waals surface area contributed by atoms with E-state index in [4.69, 9.17) is 14.2 Å². The van der Waals surface area contributed by atoms with Crippen LogP contribution in [0, 0.1) is 0 Å². The molecule has 2 aromatic carbocycles. The Morgan fingerprint density at radius 3 is 2.52 bits per heavy atom. The quantitative estimate of drug-likeness (QED) is 0.570. The number of methoxy groups -OCH3 is 2. The lowest BCUT2D eigenvalue weighted by molar-refractivity contribution is -0.146. The predicted octanol–water partition coefficient (Wildman–Crippen LogP) is 3.55. The molecule has 3 rings (SSSR count). The van der Waals surface area contributed by atoms with Gasteiger partial charge in [0, 0.05) is 22.7 Å². The zero-order valence-electron chi connectivity index (χ0n) is 16.0. The average molecular weight is 412 g/mol. The first-order valence-electron chi connectivity index (χ1n) is 8.75. The van der Waals surface area contributed by atoms with Gasteiger partial charge in [-0.25, -0.2) is 4.98 Å². The van der Waals surface area contributed by atoms with Crippen molar-refractivity contribution in [2.24, 2.45) is 0 Å². The number of carbonyl (C=O) groups excluding carboxylic acids is 2. The molecular weight excluding hydrogens is 392 g/mol. The lowest BCUT2D eigenvalue weighted by Crippen LogP contribution is -2.21. The minimum absolute atomic E-state index is 0.000898. The van der Waals surface area contributed by atoms with Crippen molar-refractivity contribution in [1.29, 1.82) is 0 Å². The molecule has 0 unspecified atom stereocenters. The highest BCUT2D eigenvalue weighted by Gasteiger charge is 2.12. The molecule has 0 aliphatic carbocycles. The second-order valence-corrected chi connectivity index (χ2v) is 6.85. The Balaban J connectivity index is 1.49. The molecule has 0 saturated carbocycles. The Morgan fingerprint density at radius 1 is 1.03 bits per heavy atom. The van der Waals surface area contributed by atoms with E-state index in [0.29, 0.717) is 17.1 Å². The summed E-state index contributed by atoms with van der Waals surface area (Å²) in [6.07, 6.45) is -0.000898. The first-order valence-corrected chi connectivity index (χ1v) is 9.63. The number of nitrogens with one attached hydrogen (secondary N) is 1. The number of benzene rings is 2. The molecule has 1 heterocycles. The number of amides is 1. The van der Waals surface area contributed by atoms with E-state index in [1.54, 1.807) is 43.9 Å². The zero-order chi connectivity index (χ0) is 20.6. The molecule has 150 valence electrons. The van der Waals surface area contributed by atoms with Crippen molar-refractivity contribution >= 4 is 28.9 Å². The summed E-state index contributed by atoms with van der Waals surface area (Å²) < 4.78 is 15.3. The molecule has 3 aromatic rings. The van der Waals surface area contributed by atoms with Crippen LogP contribution in [0.15, 0.2) is 53.9 Å². The molecule has 0 saturated heterocycles. The molecule has 0 fully saturated rings. The predicted molar refractivity (Wildman–Crippen MR) is 110 cm³/mol. The number of rotatable bonds is 8. The molecule has 8 heteroatoms. The van der Waals surface area contributed by atoms with Crippen LogP contribution in [0.5, 0.6) is 11.5 Å². The van der Waals surface area contributed by atoms with Gasteiger partial charge in [0.2, 0.25) is 0 Å². The Hall–Kier alpha value is -3.39. The van der Waals surface area contributed by atoms with Crippen molar-refractivity contribution in [3.63, 3.8) is 0 Å². The zero-order valence-corrected chi connectivity index (χ0v) is 16.8. The maximum atomic E-state index is 12.0. The van der Waals surface area contributed by atoms with Gasteiger partial charge in [0.25, 0.3) is 5.91 Å². The van der Waals surface area contributed by atoms with Crippen LogP contribution in [0.3, 0.4) is 0 Å². The van der Waals surface area contributed by atoms with E-state index in [1.807, 2.05) is 24.3 Å². The number of hydrogen-bond acceptors (Lipinski definition) is 7. The van der Waals surface area contributed by atoms with Gasteiger partial charge in [0.1, 0.15) is 16.5 Å². The molecule has 0 bridgehead atoms. The highest BCUT2D eigenvalue weighted by molar-refractivity contribution is 7.13. The molecule has 1 aromatic heterocycles. The Kier molecular flexibility index (Phi) is 6.80. The molecule has 1 amide bonds. The smallest absolute Gasteiger partial charge is 0.312 e. The van der Waals surface area contributed by atoms with Crippen LogP contribution in [0.2, 0.25) is 0 Å². The third-order valence-corrected chi connectivity index (χ3v) is 4.87. The number of carbonyl (C=O) groups is 2. The Bertz CT molecular complexity index is 985. The van der Waals surface area contributed by atoms with E-state index in [-0.39, 0.29) is 13.0 Å². The standard InChI is InChI=1S/C21H20N2O5S/c1-26-17-8-6-14(7-9-17)21-23-16(13-29-21)11-20(25)28-12-19(24)22-15-4-3-5-18(10-15)27-2/h3-10,13H,11-12H2,1-2H3,(H,22,24). The monoisotopic (exact) mass is 412 g/mol. The van der Waals surface area contributed by atoms with Gasteiger partial charge >= 0.3 is 5.97 Å². The summed E-state index contributed by atoms with van der Waals surface area (Å²) in [5, 5.41) is 5.25. The number of aromatic nitrogens is 1. The second-order valence-electron chi connectivity index (χ2n) is 5.99. The molecule has 0 aliphatic heterocycles.